The number of rotatable bonds is 9. The maximum absolute atomic E-state index is 12.6. The summed E-state index contributed by atoms with van der Waals surface area (Å²) in [5, 5.41) is 5.89. The van der Waals surface area contributed by atoms with Crippen molar-refractivity contribution in [1.29, 1.82) is 0 Å². The number of carbonyl (C=O) groups is 1. The second-order valence-corrected chi connectivity index (χ2v) is 9.35. The van der Waals surface area contributed by atoms with Crippen LogP contribution in [0.3, 0.4) is 0 Å². The number of aromatic nitrogens is 1. The lowest BCUT2D eigenvalue weighted by molar-refractivity contribution is -0.115. The van der Waals surface area contributed by atoms with Crippen LogP contribution >= 0.6 is 11.3 Å². The molecule has 0 saturated carbocycles. The molecule has 1 amide bonds. The number of amides is 1. The van der Waals surface area contributed by atoms with Gasteiger partial charge in [-0.15, -0.1) is 11.3 Å². The molecule has 1 fully saturated rings. The normalized spacial score (nSPS) is 14.8. The molecule has 1 aliphatic rings. The highest BCUT2D eigenvalue weighted by atomic mass is 32.1. The predicted molar refractivity (Wildman–Crippen MR) is 135 cm³/mol. The Morgan fingerprint density at radius 3 is 2.76 bits per heavy atom. The van der Waals surface area contributed by atoms with Gasteiger partial charge in [0.05, 0.1) is 24.4 Å². The van der Waals surface area contributed by atoms with Gasteiger partial charge in [-0.1, -0.05) is 37.3 Å². The number of anilines is 1. The third-order valence-corrected chi connectivity index (χ3v) is 6.63. The molecule has 1 aromatic heterocycles. The van der Waals surface area contributed by atoms with E-state index < -0.39 is 0 Å². The number of nitrogens with zero attached hydrogens (tertiary/aromatic N) is 3. The molecule has 6 nitrogen and oxygen atoms in total. The van der Waals surface area contributed by atoms with Crippen LogP contribution in [0.25, 0.3) is 10.6 Å². The molecule has 2 aromatic carbocycles. The summed E-state index contributed by atoms with van der Waals surface area (Å²) in [4.78, 5) is 22.3. The van der Waals surface area contributed by atoms with Gasteiger partial charge in [0.1, 0.15) is 10.8 Å². The van der Waals surface area contributed by atoms with Crippen molar-refractivity contribution in [2.24, 2.45) is 0 Å². The van der Waals surface area contributed by atoms with Crippen LogP contribution in [0.5, 0.6) is 5.75 Å². The summed E-state index contributed by atoms with van der Waals surface area (Å²) in [5.74, 6) is 0.604. The fourth-order valence-electron chi connectivity index (χ4n) is 3.85. The maximum atomic E-state index is 12.6. The lowest BCUT2D eigenvalue weighted by Crippen LogP contribution is -2.43. The van der Waals surface area contributed by atoms with Gasteiger partial charge in [0.15, 0.2) is 0 Å². The number of carbonyl (C=O) groups excluding carboxylic acids is 1. The van der Waals surface area contributed by atoms with E-state index in [1.807, 2.05) is 29.6 Å². The monoisotopic (exact) mass is 464 g/mol. The summed E-state index contributed by atoms with van der Waals surface area (Å²) in [6.07, 6.45) is 1.15. The Morgan fingerprint density at radius 1 is 1.12 bits per heavy atom. The highest BCUT2D eigenvalue weighted by Crippen LogP contribution is 2.27. The average Bonchev–Trinajstić information content (AvgIpc) is 3.28. The molecule has 0 spiro atoms. The lowest BCUT2D eigenvalue weighted by atomic mass is 10.1. The number of thiazole rings is 1. The standard InChI is InChI=1S/C26H32N4O2S/c1-3-15-32-24-10-5-4-9-23(24)28-25(31)17-22-19-33-26(27-22)21-8-6-7-20(16-21)18-30-13-11-29(2)12-14-30/h4-10,16,19H,3,11-15,17-18H2,1-2H3,(H,28,31). The highest BCUT2D eigenvalue weighted by molar-refractivity contribution is 7.13. The first-order valence-electron chi connectivity index (χ1n) is 11.6. The van der Waals surface area contributed by atoms with Crippen molar-refractivity contribution >= 4 is 22.9 Å². The van der Waals surface area contributed by atoms with E-state index in [0.717, 1.165) is 55.4 Å². The van der Waals surface area contributed by atoms with E-state index in [1.54, 1.807) is 11.3 Å². The Bertz CT molecular complexity index is 1060. The fourth-order valence-corrected chi connectivity index (χ4v) is 4.67. The van der Waals surface area contributed by atoms with E-state index in [-0.39, 0.29) is 12.3 Å². The van der Waals surface area contributed by atoms with Crippen LogP contribution < -0.4 is 10.1 Å². The van der Waals surface area contributed by atoms with E-state index in [4.69, 9.17) is 9.72 Å². The first-order chi connectivity index (χ1) is 16.1. The zero-order valence-corrected chi connectivity index (χ0v) is 20.2. The van der Waals surface area contributed by atoms with E-state index >= 15 is 0 Å². The Morgan fingerprint density at radius 2 is 1.94 bits per heavy atom. The first-order valence-corrected chi connectivity index (χ1v) is 12.4. The number of hydrogen-bond acceptors (Lipinski definition) is 6. The van der Waals surface area contributed by atoms with Gasteiger partial charge in [-0.25, -0.2) is 4.98 Å². The zero-order chi connectivity index (χ0) is 23.0. The second kappa shape index (κ2) is 11.4. The van der Waals surface area contributed by atoms with Crippen molar-refractivity contribution in [3.05, 3.63) is 65.2 Å². The Labute approximate surface area is 200 Å². The molecule has 1 aliphatic heterocycles. The number of piperazine rings is 1. The van der Waals surface area contributed by atoms with Gasteiger partial charge in [0.2, 0.25) is 5.91 Å². The van der Waals surface area contributed by atoms with E-state index in [1.165, 1.54) is 5.56 Å². The topological polar surface area (TPSA) is 57.7 Å². The fraction of sp³-hybridized carbons (Fsp3) is 0.385. The first kappa shape index (κ1) is 23.4. The van der Waals surface area contributed by atoms with Crippen LogP contribution in [-0.2, 0) is 17.8 Å². The quantitative estimate of drug-likeness (QED) is 0.504. The number of ether oxygens (including phenoxy) is 1. The highest BCUT2D eigenvalue weighted by Gasteiger charge is 2.15. The number of benzene rings is 2. The van der Waals surface area contributed by atoms with Gasteiger partial charge in [-0.3, -0.25) is 9.69 Å². The van der Waals surface area contributed by atoms with Gasteiger partial charge in [-0.05, 0) is 37.2 Å². The third kappa shape index (κ3) is 6.63. The van der Waals surface area contributed by atoms with Crippen molar-refractivity contribution in [3.8, 4) is 16.3 Å². The Kier molecular flexibility index (Phi) is 8.10. The van der Waals surface area contributed by atoms with E-state index in [2.05, 4.69) is 53.4 Å². The minimum atomic E-state index is -0.0942. The molecular weight excluding hydrogens is 432 g/mol. The van der Waals surface area contributed by atoms with Crippen molar-refractivity contribution in [2.75, 3.05) is 45.2 Å². The van der Waals surface area contributed by atoms with Gasteiger partial charge < -0.3 is 15.0 Å². The van der Waals surface area contributed by atoms with Crippen molar-refractivity contribution in [2.45, 2.75) is 26.3 Å². The maximum Gasteiger partial charge on any atom is 0.230 e. The number of nitrogens with one attached hydrogen (secondary N) is 1. The van der Waals surface area contributed by atoms with Gasteiger partial charge in [0, 0.05) is 43.7 Å². The molecule has 0 bridgehead atoms. The zero-order valence-electron chi connectivity index (χ0n) is 19.4. The van der Waals surface area contributed by atoms with Gasteiger partial charge >= 0.3 is 0 Å². The molecule has 174 valence electrons. The second-order valence-electron chi connectivity index (χ2n) is 8.49. The molecule has 0 atom stereocenters. The third-order valence-electron chi connectivity index (χ3n) is 5.69. The van der Waals surface area contributed by atoms with Crippen LogP contribution in [0.15, 0.2) is 53.9 Å². The Balaban J connectivity index is 1.37. The minimum absolute atomic E-state index is 0.0942. The largest absolute Gasteiger partial charge is 0.491 e. The molecule has 4 rings (SSSR count). The summed E-state index contributed by atoms with van der Waals surface area (Å²) >= 11 is 1.58. The molecule has 2 heterocycles. The Hall–Kier alpha value is -2.74. The van der Waals surface area contributed by atoms with Gasteiger partial charge in [-0.2, -0.15) is 0 Å². The van der Waals surface area contributed by atoms with E-state index in [9.17, 15) is 4.79 Å². The summed E-state index contributed by atoms with van der Waals surface area (Å²) < 4.78 is 5.74. The van der Waals surface area contributed by atoms with Crippen molar-refractivity contribution < 1.29 is 9.53 Å². The van der Waals surface area contributed by atoms with Gasteiger partial charge in [0.25, 0.3) is 0 Å². The number of likely N-dealkylation sites (N-methyl/N-ethyl adjacent to an activating group) is 1. The molecule has 7 heteroatoms. The molecular formula is C26H32N4O2S. The predicted octanol–water partition coefficient (Wildman–Crippen LogP) is 4.53. The summed E-state index contributed by atoms with van der Waals surface area (Å²) in [5.41, 5.74) is 3.89. The van der Waals surface area contributed by atoms with Crippen LogP contribution in [0.1, 0.15) is 24.6 Å². The number of hydrogen-bond donors (Lipinski definition) is 1. The average molecular weight is 465 g/mol. The van der Waals surface area contributed by atoms with E-state index in [0.29, 0.717) is 18.0 Å². The van der Waals surface area contributed by atoms with Crippen LogP contribution in [-0.4, -0.2) is 60.5 Å². The SMILES string of the molecule is CCCOc1ccccc1NC(=O)Cc1csc(-c2cccc(CN3CCN(C)CC3)c2)n1. The minimum Gasteiger partial charge on any atom is -0.491 e. The van der Waals surface area contributed by atoms with Crippen LogP contribution in [0, 0.1) is 0 Å². The smallest absolute Gasteiger partial charge is 0.230 e. The summed E-state index contributed by atoms with van der Waals surface area (Å²) in [6, 6.07) is 16.1. The molecule has 1 saturated heterocycles. The van der Waals surface area contributed by atoms with Crippen LogP contribution in [0.2, 0.25) is 0 Å². The molecule has 33 heavy (non-hydrogen) atoms. The molecule has 0 unspecified atom stereocenters. The molecule has 0 radical (unpaired) electrons. The summed E-state index contributed by atoms with van der Waals surface area (Å²) in [7, 11) is 2.18. The van der Waals surface area contributed by atoms with Crippen molar-refractivity contribution in [3.63, 3.8) is 0 Å². The van der Waals surface area contributed by atoms with Crippen molar-refractivity contribution in [1.82, 2.24) is 14.8 Å². The molecule has 3 aromatic rings. The molecule has 1 N–H and O–H groups in total. The lowest BCUT2D eigenvalue weighted by Gasteiger charge is -2.32. The summed E-state index contributed by atoms with van der Waals surface area (Å²) in [6.45, 7) is 8.08. The van der Waals surface area contributed by atoms with Crippen LogP contribution in [0.4, 0.5) is 5.69 Å². The number of para-hydroxylation sites is 2. The molecule has 0 aliphatic carbocycles.